The van der Waals surface area contributed by atoms with E-state index in [2.05, 4.69) is 20.9 Å². The summed E-state index contributed by atoms with van der Waals surface area (Å²) in [6.07, 6.45) is 4.87. The number of morpholine rings is 1. The molecule has 2 aliphatic rings. The van der Waals surface area contributed by atoms with Crippen molar-refractivity contribution in [3.8, 4) is 6.07 Å². The Kier molecular flexibility index (Phi) is 4.95. The number of carbonyl (C=O) groups is 1. The molecule has 3 heterocycles. The molecule has 1 amide bonds. The molecule has 7 heteroatoms. The van der Waals surface area contributed by atoms with Crippen LogP contribution in [0, 0.1) is 17.2 Å². The highest BCUT2D eigenvalue weighted by molar-refractivity contribution is 5.79. The molecule has 2 atom stereocenters. The van der Waals surface area contributed by atoms with Crippen molar-refractivity contribution in [2.24, 2.45) is 5.92 Å². The molecule has 24 heavy (non-hydrogen) atoms. The van der Waals surface area contributed by atoms with Crippen molar-refractivity contribution in [3.63, 3.8) is 0 Å². The van der Waals surface area contributed by atoms with E-state index in [1.165, 1.54) is 6.20 Å². The van der Waals surface area contributed by atoms with E-state index in [9.17, 15) is 4.79 Å². The zero-order chi connectivity index (χ0) is 17.1. The summed E-state index contributed by atoms with van der Waals surface area (Å²) in [5.41, 5.74) is 0.345. The molecule has 0 N–H and O–H groups in total. The minimum Gasteiger partial charge on any atom is -0.372 e. The van der Waals surface area contributed by atoms with Crippen LogP contribution in [0.5, 0.6) is 0 Å². The fraction of sp³-hybridized carbons (Fsp3) is 0.647. The number of ether oxygens (including phenoxy) is 1. The summed E-state index contributed by atoms with van der Waals surface area (Å²) in [4.78, 5) is 25.1. The van der Waals surface area contributed by atoms with Gasteiger partial charge in [0.25, 0.3) is 0 Å². The van der Waals surface area contributed by atoms with Crippen molar-refractivity contribution in [1.29, 1.82) is 5.26 Å². The average molecular weight is 329 g/mol. The van der Waals surface area contributed by atoms with Gasteiger partial charge in [0, 0.05) is 44.5 Å². The Labute approximate surface area is 142 Å². The van der Waals surface area contributed by atoms with Gasteiger partial charge in [0.15, 0.2) is 11.5 Å². The van der Waals surface area contributed by atoms with E-state index in [0.717, 1.165) is 25.9 Å². The molecular weight excluding hydrogens is 306 g/mol. The van der Waals surface area contributed by atoms with Gasteiger partial charge in [-0.3, -0.25) is 4.79 Å². The molecular formula is C17H23N5O2. The number of rotatable bonds is 2. The lowest BCUT2D eigenvalue weighted by Crippen LogP contribution is -2.51. The second-order valence-electron chi connectivity index (χ2n) is 6.60. The Balaban J connectivity index is 1.61. The molecule has 0 aromatic carbocycles. The van der Waals surface area contributed by atoms with Crippen LogP contribution in [-0.4, -0.2) is 59.2 Å². The van der Waals surface area contributed by atoms with Gasteiger partial charge in [-0.1, -0.05) is 0 Å². The lowest BCUT2D eigenvalue weighted by atomic mass is 9.94. The molecule has 7 nitrogen and oxygen atoms in total. The first-order valence-corrected chi connectivity index (χ1v) is 8.48. The molecule has 2 unspecified atom stereocenters. The first-order chi connectivity index (χ1) is 11.6. The normalized spacial score (nSPS) is 25.4. The summed E-state index contributed by atoms with van der Waals surface area (Å²) < 4.78 is 5.71. The fourth-order valence-electron chi connectivity index (χ4n) is 3.60. The van der Waals surface area contributed by atoms with Crippen LogP contribution in [0.15, 0.2) is 12.4 Å². The van der Waals surface area contributed by atoms with Crippen LogP contribution in [0.25, 0.3) is 0 Å². The number of carbonyl (C=O) groups excluding carboxylic acids is 1. The van der Waals surface area contributed by atoms with E-state index in [1.54, 1.807) is 6.20 Å². The Hall–Kier alpha value is -2.20. The van der Waals surface area contributed by atoms with Gasteiger partial charge in [0.1, 0.15) is 6.07 Å². The van der Waals surface area contributed by atoms with Crippen LogP contribution in [0.2, 0.25) is 0 Å². The summed E-state index contributed by atoms with van der Waals surface area (Å²) in [5, 5.41) is 9.16. The topological polar surface area (TPSA) is 82.4 Å². The maximum atomic E-state index is 12.8. The van der Waals surface area contributed by atoms with Crippen LogP contribution in [0.3, 0.4) is 0 Å². The first-order valence-electron chi connectivity index (χ1n) is 8.48. The van der Waals surface area contributed by atoms with Gasteiger partial charge in [-0.05, 0) is 26.7 Å². The minimum absolute atomic E-state index is 0.0426. The number of anilines is 1. The fourth-order valence-corrected chi connectivity index (χ4v) is 3.60. The zero-order valence-electron chi connectivity index (χ0n) is 14.2. The predicted octanol–water partition coefficient (Wildman–Crippen LogP) is 1.20. The molecule has 2 saturated heterocycles. The highest BCUT2D eigenvalue weighted by atomic mass is 16.5. The quantitative estimate of drug-likeness (QED) is 0.811. The number of hydrogen-bond acceptors (Lipinski definition) is 6. The molecule has 0 saturated carbocycles. The maximum absolute atomic E-state index is 12.8. The van der Waals surface area contributed by atoms with Gasteiger partial charge < -0.3 is 14.5 Å². The number of hydrogen-bond donors (Lipinski definition) is 0. The van der Waals surface area contributed by atoms with Crippen LogP contribution < -0.4 is 4.90 Å². The number of nitriles is 1. The minimum atomic E-state index is 0.0426. The summed E-state index contributed by atoms with van der Waals surface area (Å²) >= 11 is 0. The van der Waals surface area contributed by atoms with Crippen LogP contribution in [-0.2, 0) is 9.53 Å². The van der Waals surface area contributed by atoms with Gasteiger partial charge in [-0.15, -0.1) is 0 Å². The van der Waals surface area contributed by atoms with Crippen molar-refractivity contribution in [3.05, 3.63) is 18.1 Å². The monoisotopic (exact) mass is 329 g/mol. The summed E-state index contributed by atoms with van der Waals surface area (Å²) in [6.45, 7) is 6.81. The van der Waals surface area contributed by atoms with Gasteiger partial charge in [-0.25, -0.2) is 9.97 Å². The Morgan fingerprint density at radius 2 is 1.83 bits per heavy atom. The Morgan fingerprint density at radius 3 is 2.46 bits per heavy atom. The largest absolute Gasteiger partial charge is 0.372 e. The molecule has 0 radical (unpaired) electrons. The van der Waals surface area contributed by atoms with Crippen molar-refractivity contribution >= 4 is 11.7 Å². The molecule has 0 spiro atoms. The van der Waals surface area contributed by atoms with Gasteiger partial charge >= 0.3 is 0 Å². The molecule has 1 aromatic rings. The highest BCUT2D eigenvalue weighted by Crippen LogP contribution is 2.25. The Bertz CT molecular complexity index is 626. The maximum Gasteiger partial charge on any atom is 0.225 e. The SMILES string of the molecule is CC1CN(C(=O)C2CCN(c3nccnc3C#N)CC2)CC(C)O1. The smallest absolute Gasteiger partial charge is 0.225 e. The van der Waals surface area contributed by atoms with Crippen molar-refractivity contribution in [2.75, 3.05) is 31.1 Å². The second kappa shape index (κ2) is 7.14. The molecule has 1 aromatic heterocycles. The molecule has 2 fully saturated rings. The third kappa shape index (κ3) is 3.49. The number of aromatic nitrogens is 2. The van der Waals surface area contributed by atoms with E-state index in [-0.39, 0.29) is 24.0 Å². The van der Waals surface area contributed by atoms with Crippen molar-refractivity contribution in [2.45, 2.75) is 38.9 Å². The molecule has 2 aliphatic heterocycles. The number of nitrogens with zero attached hydrogens (tertiary/aromatic N) is 5. The standard InChI is InChI=1S/C17H23N5O2/c1-12-10-22(11-13(2)24-12)17(23)14-3-7-21(8-4-14)16-15(9-18)19-5-6-20-16/h5-6,12-14H,3-4,7-8,10-11H2,1-2H3. The highest BCUT2D eigenvalue weighted by Gasteiger charge is 2.33. The summed E-state index contributed by atoms with van der Waals surface area (Å²) in [6, 6.07) is 2.08. The van der Waals surface area contributed by atoms with Gasteiger partial charge in [-0.2, -0.15) is 5.26 Å². The molecule has 0 aliphatic carbocycles. The van der Waals surface area contributed by atoms with E-state index in [1.807, 2.05) is 18.7 Å². The first kappa shape index (κ1) is 16.7. The zero-order valence-corrected chi connectivity index (χ0v) is 14.2. The molecule has 128 valence electrons. The molecule has 3 rings (SSSR count). The summed E-state index contributed by atoms with van der Waals surface area (Å²) in [5.74, 6) is 0.900. The lowest BCUT2D eigenvalue weighted by molar-refractivity contribution is -0.148. The number of piperidine rings is 1. The van der Waals surface area contributed by atoms with Crippen LogP contribution >= 0.6 is 0 Å². The average Bonchev–Trinajstić information content (AvgIpc) is 2.60. The van der Waals surface area contributed by atoms with Gasteiger partial charge in [0.05, 0.1) is 12.2 Å². The molecule has 0 bridgehead atoms. The third-order valence-corrected chi connectivity index (χ3v) is 4.66. The van der Waals surface area contributed by atoms with Crippen LogP contribution in [0.4, 0.5) is 5.82 Å². The van der Waals surface area contributed by atoms with Crippen molar-refractivity contribution < 1.29 is 9.53 Å². The van der Waals surface area contributed by atoms with Crippen LogP contribution in [0.1, 0.15) is 32.4 Å². The summed E-state index contributed by atoms with van der Waals surface area (Å²) in [7, 11) is 0. The third-order valence-electron chi connectivity index (χ3n) is 4.66. The van der Waals surface area contributed by atoms with Gasteiger partial charge in [0.2, 0.25) is 5.91 Å². The Morgan fingerprint density at radius 1 is 1.21 bits per heavy atom. The van der Waals surface area contributed by atoms with E-state index < -0.39 is 0 Å². The predicted molar refractivity (Wildman–Crippen MR) is 88.3 cm³/mol. The second-order valence-corrected chi connectivity index (χ2v) is 6.60. The van der Waals surface area contributed by atoms with E-state index in [0.29, 0.717) is 24.6 Å². The van der Waals surface area contributed by atoms with E-state index >= 15 is 0 Å². The number of amides is 1. The van der Waals surface area contributed by atoms with Crippen molar-refractivity contribution in [1.82, 2.24) is 14.9 Å². The van der Waals surface area contributed by atoms with E-state index in [4.69, 9.17) is 10.00 Å². The lowest BCUT2D eigenvalue weighted by Gasteiger charge is -2.39.